The van der Waals surface area contributed by atoms with Gasteiger partial charge in [0.1, 0.15) is 0 Å². The predicted octanol–water partition coefficient (Wildman–Crippen LogP) is 1.03. The lowest BCUT2D eigenvalue weighted by Crippen LogP contribution is -2.07. The van der Waals surface area contributed by atoms with Gasteiger partial charge < -0.3 is 5.73 Å². The Kier molecular flexibility index (Phi) is 2.28. The van der Waals surface area contributed by atoms with E-state index in [1.54, 1.807) is 10.9 Å². The van der Waals surface area contributed by atoms with Crippen LogP contribution in [0, 0.1) is 6.92 Å². The van der Waals surface area contributed by atoms with Crippen molar-refractivity contribution in [2.75, 3.05) is 0 Å². The van der Waals surface area contributed by atoms with Gasteiger partial charge in [0.05, 0.1) is 17.1 Å². The van der Waals surface area contributed by atoms with Crippen molar-refractivity contribution < 1.29 is 0 Å². The molecule has 14 heavy (non-hydrogen) atoms. The van der Waals surface area contributed by atoms with Crippen LogP contribution < -0.4 is 5.73 Å². The summed E-state index contributed by atoms with van der Waals surface area (Å²) in [5.41, 5.74) is 8.38. The average Bonchev–Trinajstić information content (AvgIpc) is 2.65. The van der Waals surface area contributed by atoms with E-state index in [2.05, 4.69) is 10.1 Å². The first kappa shape index (κ1) is 8.90. The van der Waals surface area contributed by atoms with Gasteiger partial charge in [-0.15, -0.1) is 0 Å². The van der Waals surface area contributed by atoms with E-state index < -0.39 is 0 Å². The van der Waals surface area contributed by atoms with Gasteiger partial charge in [0.25, 0.3) is 0 Å². The van der Waals surface area contributed by atoms with Crippen LogP contribution in [0.15, 0.2) is 30.6 Å². The molecule has 4 heteroatoms. The van der Waals surface area contributed by atoms with E-state index in [0.29, 0.717) is 6.54 Å². The molecular formula is C10H12N4. The molecule has 0 radical (unpaired) electrons. The van der Waals surface area contributed by atoms with Gasteiger partial charge in [0.15, 0.2) is 0 Å². The molecule has 2 heterocycles. The molecule has 2 N–H and O–H groups in total. The molecule has 0 saturated carbocycles. The maximum atomic E-state index is 5.59. The molecule has 2 aromatic rings. The summed E-state index contributed by atoms with van der Waals surface area (Å²) in [4.78, 5) is 4.20. The summed E-state index contributed by atoms with van der Waals surface area (Å²) in [5, 5.41) is 4.31. The molecule has 72 valence electrons. The Morgan fingerprint density at radius 2 is 2.29 bits per heavy atom. The third-order valence-electron chi connectivity index (χ3n) is 2.03. The van der Waals surface area contributed by atoms with Crippen LogP contribution in [0.2, 0.25) is 0 Å². The van der Waals surface area contributed by atoms with Crippen molar-refractivity contribution in [2.45, 2.75) is 13.5 Å². The molecule has 0 bridgehead atoms. The van der Waals surface area contributed by atoms with E-state index >= 15 is 0 Å². The van der Waals surface area contributed by atoms with E-state index in [9.17, 15) is 0 Å². The Morgan fingerprint density at radius 3 is 2.93 bits per heavy atom. The van der Waals surface area contributed by atoms with Gasteiger partial charge >= 0.3 is 0 Å². The molecule has 2 aromatic heterocycles. The maximum absolute atomic E-state index is 5.59. The standard InChI is InChI=1S/C10H12N4/c1-8-4-6-14(13-8)10-3-2-5-12-9(10)7-11/h2-6H,7,11H2,1H3. The average molecular weight is 188 g/mol. The number of pyridine rings is 1. The van der Waals surface area contributed by atoms with Crippen LogP contribution in [0.4, 0.5) is 0 Å². The topological polar surface area (TPSA) is 56.7 Å². The fraction of sp³-hybridized carbons (Fsp3) is 0.200. The second-order valence-corrected chi connectivity index (χ2v) is 3.08. The summed E-state index contributed by atoms with van der Waals surface area (Å²) >= 11 is 0. The molecule has 0 unspecified atom stereocenters. The lowest BCUT2D eigenvalue weighted by molar-refractivity contribution is 0.827. The van der Waals surface area contributed by atoms with Crippen LogP contribution in [-0.4, -0.2) is 14.8 Å². The van der Waals surface area contributed by atoms with Gasteiger partial charge in [-0.05, 0) is 25.1 Å². The number of aryl methyl sites for hydroxylation is 1. The summed E-state index contributed by atoms with van der Waals surface area (Å²) in [7, 11) is 0. The normalized spacial score (nSPS) is 10.4. The number of rotatable bonds is 2. The maximum Gasteiger partial charge on any atom is 0.0874 e. The third-order valence-corrected chi connectivity index (χ3v) is 2.03. The second kappa shape index (κ2) is 3.59. The summed E-state index contributed by atoms with van der Waals surface area (Å²) in [6.45, 7) is 2.38. The zero-order valence-corrected chi connectivity index (χ0v) is 8.01. The van der Waals surface area contributed by atoms with Crippen LogP contribution in [0.25, 0.3) is 5.69 Å². The Hall–Kier alpha value is -1.68. The molecule has 0 amide bonds. The summed E-state index contributed by atoms with van der Waals surface area (Å²) in [6, 6.07) is 5.79. The van der Waals surface area contributed by atoms with Crippen molar-refractivity contribution in [1.29, 1.82) is 0 Å². The second-order valence-electron chi connectivity index (χ2n) is 3.08. The highest BCUT2D eigenvalue weighted by molar-refractivity contribution is 5.35. The number of nitrogens with two attached hydrogens (primary N) is 1. The van der Waals surface area contributed by atoms with Crippen LogP contribution in [-0.2, 0) is 6.54 Å². The zero-order chi connectivity index (χ0) is 9.97. The van der Waals surface area contributed by atoms with Crippen LogP contribution in [0.5, 0.6) is 0 Å². The molecule has 4 nitrogen and oxygen atoms in total. The van der Waals surface area contributed by atoms with E-state index in [4.69, 9.17) is 5.73 Å². The number of hydrogen-bond acceptors (Lipinski definition) is 3. The van der Waals surface area contributed by atoms with Gasteiger partial charge in [0.2, 0.25) is 0 Å². The highest BCUT2D eigenvalue weighted by Gasteiger charge is 2.03. The molecule has 0 aliphatic rings. The highest BCUT2D eigenvalue weighted by atomic mass is 15.3. The van der Waals surface area contributed by atoms with Crippen molar-refractivity contribution in [1.82, 2.24) is 14.8 Å². The van der Waals surface area contributed by atoms with Gasteiger partial charge in [-0.25, -0.2) is 4.68 Å². The lowest BCUT2D eigenvalue weighted by atomic mass is 10.3. The highest BCUT2D eigenvalue weighted by Crippen LogP contribution is 2.10. The molecule has 0 atom stereocenters. The van der Waals surface area contributed by atoms with Gasteiger partial charge in [-0.3, -0.25) is 4.98 Å². The van der Waals surface area contributed by atoms with Gasteiger partial charge in [0, 0.05) is 18.9 Å². The van der Waals surface area contributed by atoms with Gasteiger partial charge in [-0.1, -0.05) is 0 Å². The minimum absolute atomic E-state index is 0.426. The van der Waals surface area contributed by atoms with E-state index in [1.807, 2.05) is 31.3 Å². The SMILES string of the molecule is Cc1ccn(-c2cccnc2CN)n1. The molecule has 0 aliphatic carbocycles. The van der Waals surface area contributed by atoms with E-state index in [-0.39, 0.29) is 0 Å². The molecule has 0 aromatic carbocycles. The van der Waals surface area contributed by atoms with Crippen molar-refractivity contribution in [3.63, 3.8) is 0 Å². The fourth-order valence-electron chi connectivity index (χ4n) is 1.34. The van der Waals surface area contributed by atoms with Crippen molar-refractivity contribution in [2.24, 2.45) is 5.73 Å². The van der Waals surface area contributed by atoms with Crippen molar-refractivity contribution in [3.05, 3.63) is 42.0 Å². The van der Waals surface area contributed by atoms with Crippen LogP contribution in [0.1, 0.15) is 11.4 Å². The summed E-state index contributed by atoms with van der Waals surface area (Å²) < 4.78 is 1.80. The van der Waals surface area contributed by atoms with Crippen LogP contribution in [0.3, 0.4) is 0 Å². The number of aromatic nitrogens is 3. The van der Waals surface area contributed by atoms with E-state index in [0.717, 1.165) is 17.1 Å². The summed E-state index contributed by atoms with van der Waals surface area (Å²) in [5.74, 6) is 0. The first-order chi connectivity index (χ1) is 6.81. The quantitative estimate of drug-likeness (QED) is 0.766. The minimum Gasteiger partial charge on any atom is -0.325 e. The Labute approximate surface area is 82.4 Å². The van der Waals surface area contributed by atoms with Gasteiger partial charge in [-0.2, -0.15) is 5.10 Å². The molecule has 0 saturated heterocycles. The third kappa shape index (κ3) is 1.52. The molecular weight excluding hydrogens is 176 g/mol. The fourth-order valence-corrected chi connectivity index (χ4v) is 1.34. The lowest BCUT2D eigenvalue weighted by Gasteiger charge is -2.05. The Morgan fingerprint density at radius 1 is 1.43 bits per heavy atom. The largest absolute Gasteiger partial charge is 0.325 e. The van der Waals surface area contributed by atoms with Crippen LogP contribution >= 0.6 is 0 Å². The zero-order valence-electron chi connectivity index (χ0n) is 8.01. The molecule has 0 aliphatic heterocycles. The smallest absolute Gasteiger partial charge is 0.0874 e. The first-order valence-corrected chi connectivity index (χ1v) is 4.48. The van der Waals surface area contributed by atoms with E-state index in [1.165, 1.54) is 0 Å². The van der Waals surface area contributed by atoms with Crippen molar-refractivity contribution >= 4 is 0 Å². The Bertz CT molecular complexity index is 433. The Balaban J connectivity index is 2.50. The first-order valence-electron chi connectivity index (χ1n) is 4.48. The minimum atomic E-state index is 0.426. The number of nitrogens with zero attached hydrogens (tertiary/aromatic N) is 3. The molecule has 0 spiro atoms. The summed E-state index contributed by atoms with van der Waals surface area (Å²) in [6.07, 6.45) is 3.65. The molecule has 2 rings (SSSR count). The predicted molar refractivity (Wildman–Crippen MR) is 54.0 cm³/mol. The number of hydrogen-bond donors (Lipinski definition) is 1. The van der Waals surface area contributed by atoms with Crippen molar-refractivity contribution in [3.8, 4) is 5.69 Å². The molecule has 0 fully saturated rings. The monoisotopic (exact) mass is 188 g/mol.